The molecule has 12 aromatic rings. The lowest BCUT2D eigenvalue weighted by Gasteiger charge is -2.25. The molecule has 0 saturated heterocycles. The molecule has 0 radical (unpaired) electrons. The highest BCUT2D eigenvalue weighted by Gasteiger charge is 2.20. The zero-order valence-electron chi connectivity index (χ0n) is 33.2. The Bertz CT molecular complexity index is 3550. The van der Waals surface area contributed by atoms with Crippen molar-refractivity contribution in [2.45, 2.75) is 0 Å². The van der Waals surface area contributed by atoms with E-state index >= 15 is 0 Å². The van der Waals surface area contributed by atoms with E-state index in [2.05, 4.69) is 240 Å². The van der Waals surface area contributed by atoms with E-state index in [0.29, 0.717) is 0 Å². The van der Waals surface area contributed by atoms with Gasteiger partial charge in [0.05, 0.1) is 11.0 Å². The number of hydrogen-bond acceptors (Lipinski definition) is 2. The molecule has 2 aromatic heterocycles. The van der Waals surface area contributed by atoms with Gasteiger partial charge in [0, 0.05) is 50.4 Å². The lowest BCUT2D eigenvalue weighted by Crippen LogP contribution is -2.09. The summed E-state index contributed by atoms with van der Waals surface area (Å²) >= 11 is 0. The minimum absolute atomic E-state index is 0.854. The number of nitrogens with zero attached hydrogens (tertiary/aromatic N) is 2. The molecule has 61 heavy (non-hydrogen) atoms. The topological polar surface area (TPSA) is 21.3 Å². The molecule has 12 rings (SSSR count). The average Bonchev–Trinajstić information content (AvgIpc) is 3.88. The summed E-state index contributed by atoms with van der Waals surface area (Å²) in [5.74, 6) is 0. The fraction of sp³-hybridized carbons (Fsp3) is 0. The minimum Gasteiger partial charge on any atom is -0.456 e. The Morgan fingerprint density at radius 2 is 0.836 bits per heavy atom. The Hall–Kier alpha value is -8.14. The molecule has 0 bridgehead atoms. The van der Waals surface area contributed by atoms with Crippen LogP contribution in [0.2, 0.25) is 0 Å². The van der Waals surface area contributed by atoms with Crippen LogP contribution in [-0.2, 0) is 0 Å². The van der Waals surface area contributed by atoms with Gasteiger partial charge in [0.15, 0.2) is 0 Å². The van der Waals surface area contributed by atoms with E-state index in [4.69, 9.17) is 4.42 Å². The van der Waals surface area contributed by atoms with Crippen molar-refractivity contribution in [3.05, 3.63) is 231 Å². The molecule has 286 valence electrons. The third-order valence-electron chi connectivity index (χ3n) is 12.2. The number of benzene rings is 10. The fourth-order valence-electron chi connectivity index (χ4n) is 9.32. The normalized spacial score (nSPS) is 11.6. The van der Waals surface area contributed by atoms with Crippen LogP contribution in [0.1, 0.15) is 0 Å². The maximum absolute atomic E-state index is 6.89. The second kappa shape index (κ2) is 14.3. The lowest BCUT2D eigenvalue weighted by atomic mass is 9.94. The van der Waals surface area contributed by atoms with Gasteiger partial charge in [0.25, 0.3) is 0 Å². The first-order valence-electron chi connectivity index (χ1n) is 20.8. The van der Waals surface area contributed by atoms with Crippen molar-refractivity contribution in [1.82, 2.24) is 4.57 Å². The lowest BCUT2D eigenvalue weighted by molar-refractivity contribution is 0.669. The summed E-state index contributed by atoms with van der Waals surface area (Å²) in [6, 6.07) is 82.6. The second-order valence-corrected chi connectivity index (χ2v) is 15.7. The molecule has 0 aliphatic heterocycles. The molecule has 0 atom stereocenters. The number of rotatable bonds is 7. The molecule has 0 saturated carbocycles. The predicted octanol–water partition coefficient (Wildman–Crippen LogP) is 16.3. The molecule has 0 spiro atoms. The largest absolute Gasteiger partial charge is 0.456 e. The zero-order chi connectivity index (χ0) is 40.3. The summed E-state index contributed by atoms with van der Waals surface area (Å²) in [6.45, 7) is 0. The van der Waals surface area contributed by atoms with Gasteiger partial charge in [-0.25, -0.2) is 0 Å². The summed E-state index contributed by atoms with van der Waals surface area (Å²) in [4.78, 5) is 2.31. The van der Waals surface area contributed by atoms with Crippen LogP contribution in [0.3, 0.4) is 0 Å². The van der Waals surface area contributed by atoms with Gasteiger partial charge in [0.1, 0.15) is 11.2 Å². The molecule has 0 aliphatic carbocycles. The van der Waals surface area contributed by atoms with E-state index in [-0.39, 0.29) is 0 Å². The first-order valence-corrected chi connectivity index (χ1v) is 20.8. The fourth-order valence-corrected chi connectivity index (χ4v) is 9.32. The van der Waals surface area contributed by atoms with E-state index in [9.17, 15) is 0 Å². The summed E-state index contributed by atoms with van der Waals surface area (Å²) < 4.78 is 9.26. The van der Waals surface area contributed by atoms with Crippen LogP contribution in [0.25, 0.3) is 93.6 Å². The molecule has 3 heteroatoms. The predicted molar refractivity (Wildman–Crippen MR) is 257 cm³/mol. The quantitative estimate of drug-likeness (QED) is 0.161. The van der Waals surface area contributed by atoms with E-state index < -0.39 is 0 Å². The Kier molecular flexibility index (Phi) is 8.17. The molecule has 0 aliphatic rings. The number of aromatic nitrogens is 1. The molecule has 10 aromatic carbocycles. The highest BCUT2D eigenvalue weighted by atomic mass is 16.3. The van der Waals surface area contributed by atoms with Crippen molar-refractivity contribution in [3.63, 3.8) is 0 Å². The van der Waals surface area contributed by atoms with Crippen LogP contribution >= 0.6 is 0 Å². The summed E-state index contributed by atoms with van der Waals surface area (Å²) in [6.07, 6.45) is 0. The van der Waals surface area contributed by atoms with Gasteiger partial charge >= 0.3 is 0 Å². The van der Waals surface area contributed by atoms with Gasteiger partial charge in [-0.3, -0.25) is 0 Å². The van der Waals surface area contributed by atoms with Crippen LogP contribution in [-0.4, -0.2) is 4.57 Å². The maximum Gasteiger partial charge on any atom is 0.137 e. The number of hydrogen-bond donors (Lipinski definition) is 0. The third kappa shape index (κ3) is 5.90. The Labute approximate surface area is 353 Å². The third-order valence-corrected chi connectivity index (χ3v) is 12.2. The number of anilines is 3. The van der Waals surface area contributed by atoms with Crippen LogP contribution in [0, 0.1) is 0 Å². The minimum atomic E-state index is 0.854. The molecule has 0 fully saturated rings. The van der Waals surface area contributed by atoms with E-state index in [1.54, 1.807) is 0 Å². The average molecular weight is 779 g/mol. The Balaban J connectivity index is 0.957. The van der Waals surface area contributed by atoms with Crippen molar-refractivity contribution in [2.75, 3.05) is 4.90 Å². The first-order chi connectivity index (χ1) is 30.2. The molecular weight excluding hydrogens is 741 g/mol. The monoisotopic (exact) mass is 778 g/mol. The summed E-state index contributed by atoms with van der Waals surface area (Å²) in [7, 11) is 0. The van der Waals surface area contributed by atoms with Crippen LogP contribution < -0.4 is 4.90 Å². The molecule has 0 unspecified atom stereocenters. The van der Waals surface area contributed by atoms with Gasteiger partial charge in [-0.05, 0) is 117 Å². The van der Waals surface area contributed by atoms with Gasteiger partial charge < -0.3 is 13.9 Å². The standard InChI is InChI=1S/C58H38N2O/c1-4-14-39(15-5-1)40-24-26-41(27-25-40)42-28-31-46(32-29-42)59(44-16-6-2-7-17-44)47-33-34-51-56(37-47)61-57-38-52(48-20-10-11-22-50(48)58(51)57)43-30-35-55-53(36-43)49-21-12-13-23-54(49)60(55)45-18-8-3-9-19-45/h1-38H. The smallest absolute Gasteiger partial charge is 0.137 e. The Morgan fingerprint density at radius 3 is 1.56 bits per heavy atom. The van der Waals surface area contributed by atoms with Gasteiger partial charge in [0.2, 0.25) is 0 Å². The van der Waals surface area contributed by atoms with Gasteiger partial charge in [-0.1, -0.05) is 152 Å². The SMILES string of the molecule is c1ccc(-c2ccc(-c3ccc(N(c4ccccc4)c4ccc5c(c4)oc4cc(-c6ccc7c(c6)c6ccccc6n7-c6ccccc6)c6ccccc6c45)cc3)cc2)cc1. The summed E-state index contributed by atoms with van der Waals surface area (Å²) in [5, 5.41) is 7.08. The molecule has 3 nitrogen and oxygen atoms in total. The van der Waals surface area contributed by atoms with Crippen molar-refractivity contribution >= 4 is 71.6 Å². The van der Waals surface area contributed by atoms with Gasteiger partial charge in [-0.2, -0.15) is 0 Å². The molecule has 2 heterocycles. The Morgan fingerprint density at radius 1 is 0.311 bits per heavy atom. The van der Waals surface area contributed by atoms with E-state index in [0.717, 1.165) is 55.8 Å². The number of para-hydroxylation sites is 3. The van der Waals surface area contributed by atoms with Crippen molar-refractivity contribution in [1.29, 1.82) is 0 Å². The second-order valence-electron chi connectivity index (χ2n) is 15.7. The van der Waals surface area contributed by atoms with Gasteiger partial charge in [-0.15, -0.1) is 0 Å². The molecular formula is C58H38N2O. The highest BCUT2D eigenvalue weighted by molar-refractivity contribution is 6.23. The summed E-state index contributed by atoms with van der Waals surface area (Å²) in [5.41, 5.74) is 15.6. The van der Waals surface area contributed by atoms with Crippen LogP contribution in [0.15, 0.2) is 235 Å². The van der Waals surface area contributed by atoms with Crippen LogP contribution in [0.5, 0.6) is 0 Å². The van der Waals surface area contributed by atoms with E-state index in [1.165, 1.54) is 54.8 Å². The zero-order valence-corrected chi connectivity index (χ0v) is 33.2. The first kappa shape index (κ1) is 34.9. The highest BCUT2D eigenvalue weighted by Crippen LogP contribution is 2.44. The number of furan rings is 1. The van der Waals surface area contributed by atoms with Crippen molar-refractivity contribution < 1.29 is 4.42 Å². The number of fused-ring (bicyclic) bond motifs is 8. The maximum atomic E-state index is 6.89. The van der Waals surface area contributed by atoms with Crippen molar-refractivity contribution in [3.8, 4) is 39.1 Å². The van der Waals surface area contributed by atoms with Crippen molar-refractivity contribution in [2.24, 2.45) is 0 Å². The van der Waals surface area contributed by atoms with Crippen LogP contribution in [0.4, 0.5) is 17.1 Å². The molecule has 0 amide bonds. The van der Waals surface area contributed by atoms with E-state index in [1.807, 2.05) is 0 Å². The molecule has 0 N–H and O–H groups in total.